The zero-order chi connectivity index (χ0) is 21.5. The number of alkyl halides is 3. The van der Waals surface area contributed by atoms with Crippen LogP contribution in [0.4, 0.5) is 29.3 Å². The van der Waals surface area contributed by atoms with Crippen LogP contribution in [0.15, 0.2) is 30.3 Å². The van der Waals surface area contributed by atoms with E-state index >= 15 is 0 Å². The largest absolute Gasteiger partial charge is 0.417 e. The van der Waals surface area contributed by atoms with Gasteiger partial charge in [-0.25, -0.2) is 9.78 Å². The third kappa shape index (κ3) is 4.05. The van der Waals surface area contributed by atoms with Crippen molar-refractivity contribution in [3.05, 3.63) is 47.2 Å². The van der Waals surface area contributed by atoms with Crippen molar-refractivity contribution in [3.63, 3.8) is 0 Å². The second kappa shape index (κ2) is 7.77. The Morgan fingerprint density at radius 2 is 2.07 bits per heavy atom. The van der Waals surface area contributed by atoms with Gasteiger partial charge >= 0.3 is 12.3 Å². The molecule has 0 saturated heterocycles. The summed E-state index contributed by atoms with van der Waals surface area (Å²) in [6.07, 6.45) is -4.43. The molecule has 0 radical (unpaired) electrons. The Morgan fingerprint density at radius 1 is 1.33 bits per heavy atom. The van der Waals surface area contributed by atoms with E-state index in [0.717, 1.165) is 67.0 Å². The summed E-state index contributed by atoms with van der Waals surface area (Å²) in [4.78, 5) is 19.9. The molecule has 30 heavy (non-hydrogen) atoms. The lowest BCUT2D eigenvalue weighted by Crippen LogP contribution is -2.30. The Kier molecular flexibility index (Phi) is 5.29. The number of ether oxygens (including phenoxy) is 1. The van der Waals surface area contributed by atoms with Crippen LogP contribution in [0.25, 0.3) is 10.2 Å². The second-order valence-electron chi connectivity index (χ2n) is 6.96. The molecule has 2 aromatic heterocycles. The number of nitrogens with zero attached hydrogens (tertiary/aromatic N) is 2. The van der Waals surface area contributed by atoms with Crippen molar-refractivity contribution in [2.24, 2.45) is 0 Å². The molecule has 4 rings (SSSR count). The van der Waals surface area contributed by atoms with Crippen LogP contribution in [0.2, 0.25) is 0 Å². The van der Waals surface area contributed by atoms with Crippen molar-refractivity contribution in [1.29, 1.82) is 0 Å². The van der Waals surface area contributed by atoms with Gasteiger partial charge in [-0.3, -0.25) is 10.2 Å². The van der Waals surface area contributed by atoms with Crippen molar-refractivity contribution < 1.29 is 22.7 Å². The van der Waals surface area contributed by atoms with E-state index in [0.29, 0.717) is 10.5 Å². The minimum atomic E-state index is -4.44. The van der Waals surface area contributed by atoms with Gasteiger partial charge in [0.15, 0.2) is 0 Å². The summed E-state index contributed by atoms with van der Waals surface area (Å²) in [5, 5.41) is 3.34. The van der Waals surface area contributed by atoms with Crippen molar-refractivity contribution in [2.75, 3.05) is 24.1 Å². The number of halogens is 3. The highest BCUT2D eigenvalue weighted by molar-refractivity contribution is 7.21. The SMILES string of the molecule is CCN1CCc2nc3sc(OC(=O)Nc4ccc(C(F)(F)F)cc4)c(N)c3cc2C1. The number of benzene rings is 1. The molecule has 1 aliphatic rings. The second-order valence-corrected chi connectivity index (χ2v) is 7.92. The predicted octanol–water partition coefficient (Wildman–Crippen LogP) is 4.89. The van der Waals surface area contributed by atoms with E-state index in [4.69, 9.17) is 10.5 Å². The van der Waals surface area contributed by atoms with Gasteiger partial charge in [-0.1, -0.05) is 18.3 Å². The van der Waals surface area contributed by atoms with Crippen molar-refractivity contribution in [3.8, 4) is 5.06 Å². The smallest absolute Gasteiger partial charge is 0.397 e. The Labute approximate surface area is 174 Å². The van der Waals surface area contributed by atoms with Gasteiger partial charge in [0, 0.05) is 36.3 Å². The molecule has 0 bridgehead atoms. The average Bonchev–Trinajstić information content (AvgIpc) is 3.00. The minimum absolute atomic E-state index is 0.181. The van der Waals surface area contributed by atoms with E-state index in [1.165, 1.54) is 11.3 Å². The number of pyridine rings is 1. The molecular weight excluding hydrogens is 417 g/mol. The number of carbonyl (C=O) groups excluding carboxylic acids is 1. The quantitative estimate of drug-likeness (QED) is 0.611. The minimum Gasteiger partial charge on any atom is -0.397 e. The zero-order valence-corrected chi connectivity index (χ0v) is 16.9. The Balaban J connectivity index is 1.51. The van der Waals surface area contributed by atoms with Crippen molar-refractivity contribution in [2.45, 2.75) is 26.1 Å². The molecule has 0 fully saturated rings. The lowest BCUT2D eigenvalue weighted by atomic mass is 10.0. The number of nitrogen functional groups attached to an aromatic ring is 1. The summed E-state index contributed by atoms with van der Waals surface area (Å²) in [7, 11) is 0. The molecule has 0 saturated carbocycles. The number of amides is 1. The van der Waals surface area contributed by atoms with E-state index in [9.17, 15) is 18.0 Å². The normalized spacial score (nSPS) is 14.5. The summed E-state index contributed by atoms with van der Waals surface area (Å²) in [5.41, 5.74) is 8.01. The number of fused-ring (bicyclic) bond motifs is 2. The van der Waals surface area contributed by atoms with Gasteiger partial charge in [-0.2, -0.15) is 13.2 Å². The number of likely N-dealkylation sites (N-methyl/N-ethyl adjacent to an activating group) is 1. The number of anilines is 2. The summed E-state index contributed by atoms with van der Waals surface area (Å²) in [5.74, 6) is 0. The number of carbonyl (C=O) groups is 1. The van der Waals surface area contributed by atoms with Crippen LogP contribution in [-0.2, 0) is 19.1 Å². The average molecular weight is 436 g/mol. The fourth-order valence-electron chi connectivity index (χ4n) is 3.35. The number of hydrogen-bond donors (Lipinski definition) is 2. The predicted molar refractivity (Wildman–Crippen MR) is 110 cm³/mol. The first-order valence-corrected chi connectivity index (χ1v) is 10.2. The summed E-state index contributed by atoms with van der Waals surface area (Å²) >= 11 is 1.17. The van der Waals surface area contributed by atoms with Gasteiger partial charge in [-0.15, -0.1) is 0 Å². The van der Waals surface area contributed by atoms with Crippen molar-refractivity contribution in [1.82, 2.24) is 9.88 Å². The summed E-state index contributed by atoms with van der Waals surface area (Å²) in [6.45, 7) is 4.81. The topological polar surface area (TPSA) is 80.5 Å². The lowest BCUT2D eigenvalue weighted by Gasteiger charge is -2.26. The number of nitrogens with two attached hydrogens (primary N) is 1. The van der Waals surface area contributed by atoms with Crippen LogP contribution in [0, 0.1) is 0 Å². The van der Waals surface area contributed by atoms with E-state index in [-0.39, 0.29) is 10.8 Å². The highest BCUT2D eigenvalue weighted by Gasteiger charge is 2.30. The number of hydrogen-bond acceptors (Lipinski definition) is 6. The van der Waals surface area contributed by atoms with E-state index in [2.05, 4.69) is 22.1 Å². The molecule has 3 aromatic rings. The van der Waals surface area contributed by atoms with E-state index in [1.54, 1.807) is 0 Å². The van der Waals surface area contributed by atoms with Crippen LogP contribution in [0.1, 0.15) is 23.7 Å². The fourth-order valence-corrected chi connectivity index (χ4v) is 4.30. The van der Waals surface area contributed by atoms with Crippen LogP contribution in [-0.4, -0.2) is 29.1 Å². The first-order valence-electron chi connectivity index (χ1n) is 9.34. The Bertz CT molecular complexity index is 1100. The molecule has 0 aliphatic carbocycles. The highest BCUT2D eigenvalue weighted by atomic mass is 32.1. The lowest BCUT2D eigenvalue weighted by molar-refractivity contribution is -0.137. The standard InChI is InChI=1S/C20H19F3N4O2S/c1-2-27-8-7-15-11(10-27)9-14-16(24)18(30-17(14)26-15)29-19(28)25-13-5-3-12(4-6-13)20(21,22)23/h3-6,9H,2,7-8,10,24H2,1H3,(H,25,28). The molecule has 158 valence electrons. The number of aromatic nitrogens is 1. The van der Waals surface area contributed by atoms with Crippen molar-refractivity contribution >= 4 is 39.0 Å². The van der Waals surface area contributed by atoms with Gasteiger partial charge in [0.2, 0.25) is 5.06 Å². The van der Waals surface area contributed by atoms with Gasteiger partial charge in [0.1, 0.15) is 4.83 Å². The molecular formula is C20H19F3N4O2S. The first kappa shape index (κ1) is 20.4. The molecule has 3 heterocycles. The molecule has 0 atom stereocenters. The molecule has 1 amide bonds. The first-order chi connectivity index (χ1) is 14.2. The fraction of sp³-hybridized carbons (Fsp3) is 0.300. The Morgan fingerprint density at radius 3 is 2.73 bits per heavy atom. The monoisotopic (exact) mass is 436 g/mol. The third-order valence-electron chi connectivity index (χ3n) is 5.01. The van der Waals surface area contributed by atoms with Gasteiger partial charge in [0.25, 0.3) is 0 Å². The van der Waals surface area contributed by atoms with Gasteiger partial charge in [-0.05, 0) is 42.4 Å². The maximum atomic E-state index is 12.6. The molecule has 1 aliphatic heterocycles. The van der Waals surface area contributed by atoms with Crippen LogP contribution in [0.5, 0.6) is 5.06 Å². The molecule has 1 aromatic carbocycles. The molecule has 3 N–H and O–H groups in total. The van der Waals surface area contributed by atoms with Crippen LogP contribution < -0.4 is 15.8 Å². The number of rotatable bonds is 3. The zero-order valence-electron chi connectivity index (χ0n) is 16.0. The summed E-state index contributed by atoms with van der Waals surface area (Å²) in [6, 6.07) is 6.09. The molecule has 0 unspecified atom stereocenters. The molecule has 6 nitrogen and oxygen atoms in total. The highest BCUT2D eigenvalue weighted by Crippen LogP contribution is 2.40. The van der Waals surface area contributed by atoms with Crippen LogP contribution >= 0.6 is 11.3 Å². The summed E-state index contributed by atoms with van der Waals surface area (Å²) < 4.78 is 43.2. The molecule has 10 heteroatoms. The number of thiophene rings is 1. The molecule has 0 spiro atoms. The van der Waals surface area contributed by atoms with Crippen LogP contribution in [0.3, 0.4) is 0 Å². The Hall–Kier alpha value is -2.85. The van der Waals surface area contributed by atoms with Gasteiger partial charge in [0.05, 0.1) is 11.3 Å². The number of nitrogens with one attached hydrogen (secondary N) is 1. The van der Waals surface area contributed by atoms with E-state index < -0.39 is 17.8 Å². The van der Waals surface area contributed by atoms with E-state index in [1.807, 2.05) is 6.07 Å². The maximum absolute atomic E-state index is 12.6. The maximum Gasteiger partial charge on any atom is 0.417 e. The third-order valence-corrected chi connectivity index (χ3v) is 6.00. The van der Waals surface area contributed by atoms with Gasteiger partial charge < -0.3 is 10.5 Å².